The predicted molar refractivity (Wildman–Crippen MR) is 75.8 cm³/mol. The van der Waals surface area contributed by atoms with Crippen molar-refractivity contribution in [1.82, 2.24) is 14.8 Å². The van der Waals surface area contributed by atoms with E-state index in [-0.39, 0.29) is 5.91 Å². The van der Waals surface area contributed by atoms with E-state index in [0.29, 0.717) is 11.3 Å². The molecule has 0 aliphatic carbocycles. The van der Waals surface area contributed by atoms with Crippen LogP contribution in [-0.4, -0.2) is 20.7 Å². The van der Waals surface area contributed by atoms with Gasteiger partial charge in [-0.3, -0.25) is 9.78 Å². The number of amides is 1. The quantitative estimate of drug-likeness (QED) is 0.790. The maximum atomic E-state index is 12.0. The Labute approximate surface area is 115 Å². The lowest BCUT2D eigenvalue weighted by Crippen LogP contribution is -2.11. The molecule has 0 unspecified atom stereocenters. The third-order valence-corrected chi connectivity index (χ3v) is 2.78. The average Bonchev–Trinajstić information content (AvgIpc) is 2.97. The van der Waals surface area contributed by atoms with Crippen molar-refractivity contribution in [3.05, 3.63) is 72.8 Å². The molecule has 0 saturated heterocycles. The minimum Gasteiger partial charge on any atom is -0.319 e. The summed E-state index contributed by atoms with van der Waals surface area (Å²) in [7, 11) is 0. The summed E-state index contributed by atoms with van der Waals surface area (Å²) in [4.78, 5) is 15.9. The Morgan fingerprint density at radius 1 is 1.05 bits per heavy atom. The Kier molecular flexibility index (Phi) is 3.24. The first-order chi connectivity index (χ1) is 9.83. The normalized spacial score (nSPS) is 10.2. The van der Waals surface area contributed by atoms with E-state index in [4.69, 9.17) is 0 Å². The monoisotopic (exact) mass is 264 g/mol. The van der Waals surface area contributed by atoms with E-state index in [1.165, 1.54) is 6.20 Å². The number of nitrogens with one attached hydrogen (secondary N) is 1. The Hall–Kier alpha value is -2.95. The van der Waals surface area contributed by atoms with Crippen LogP contribution in [0.5, 0.6) is 0 Å². The summed E-state index contributed by atoms with van der Waals surface area (Å²) in [6.07, 6.45) is 6.53. The third kappa shape index (κ3) is 2.56. The molecule has 1 N–H and O–H groups in total. The molecule has 0 fully saturated rings. The van der Waals surface area contributed by atoms with Crippen LogP contribution in [0, 0.1) is 0 Å². The summed E-state index contributed by atoms with van der Waals surface area (Å²) in [6.45, 7) is 0. The highest BCUT2D eigenvalue weighted by atomic mass is 16.1. The van der Waals surface area contributed by atoms with Crippen molar-refractivity contribution >= 4 is 11.6 Å². The smallest absolute Gasteiger partial charge is 0.257 e. The molecular weight excluding hydrogens is 252 g/mol. The molecule has 1 aromatic carbocycles. The van der Waals surface area contributed by atoms with E-state index in [0.717, 1.165) is 5.69 Å². The van der Waals surface area contributed by atoms with E-state index in [1.807, 2.05) is 30.3 Å². The summed E-state index contributed by atoms with van der Waals surface area (Å²) in [6, 6.07) is 13.1. The number of nitrogens with zero attached hydrogens (tertiary/aromatic N) is 3. The lowest BCUT2D eigenvalue weighted by atomic mass is 10.2. The van der Waals surface area contributed by atoms with Crippen LogP contribution in [0.25, 0.3) is 5.69 Å². The largest absolute Gasteiger partial charge is 0.319 e. The standard InChI is InChI=1S/C15H12N4O/c20-15(12-5-4-8-16-9-12)18-13-10-17-19(11-13)14-6-2-1-3-7-14/h1-11H,(H,18,20). The molecule has 2 heterocycles. The van der Waals surface area contributed by atoms with E-state index in [9.17, 15) is 4.79 Å². The molecule has 1 amide bonds. The van der Waals surface area contributed by atoms with E-state index in [1.54, 1.807) is 35.4 Å². The van der Waals surface area contributed by atoms with E-state index < -0.39 is 0 Å². The first-order valence-electron chi connectivity index (χ1n) is 6.14. The fraction of sp³-hybridized carbons (Fsp3) is 0. The van der Waals surface area contributed by atoms with Crippen molar-refractivity contribution in [2.24, 2.45) is 0 Å². The molecule has 0 aliphatic rings. The number of carbonyl (C=O) groups excluding carboxylic acids is 1. The average molecular weight is 264 g/mol. The Balaban J connectivity index is 1.77. The minimum atomic E-state index is -0.203. The highest BCUT2D eigenvalue weighted by Gasteiger charge is 2.07. The lowest BCUT2D eigenvalue weighted by molar-refractivity contribution is 0.102. The van der Waals surface area contributed by atoms with E-state index >= 15 is 0 Å². The SMILES string of the molecule is O=C(Nc1cnn(-c2ccccc2)c1)c1cccnc1. The number of carbonyl (C=O) groups is 1. The van der Waals surface area contributed by atoms with Crippen molar-refractivity contribution in [1.29, 1.82) is 0 Å². The van der Waals surface area contributed by atoms with Crippen molar-refractivity contribution in [2.75, 3.05) is 5.32 Å². The first-order valence-corrected chi connectivity index (χ1v) is 6.14. The molecule has 3 aromatic rings. The molecule has 0 spiro atoms. The van der Waals surface area contributed by atoms with Crippen molar-refractivity contribution in [3.63, 3.8) is 0 Å². The number of rotatable bonds is 3. The van der Waals surface area contributed by atoms with Crippen molar-refractivity contribution < 1.29 is 4.79 Å². The molecule has 0 radical (unpaired) electrons. The second-order valence-electron chi connectivity index (χ2n) is 4.20. The Morgan fingerprint density at radius 3 is 2.65 bits per heavy atom. The number of benzene rings is 1. The van der Waals surface area contributed by atoms with Crippen LogP contribution in [0.4, 0.5) is 5.69 Å². The zero-order valence-electron chi connectivity index (χ0n) is 10.6. The number of hydrogen-bond donors (Lipinski definition) is 1. The molecule has 0 bridgehead atoms. The molecule has 3 rings (SSSR count). The third-order valence-electron chi connectivity index (χ3n) is 2.78. The van der Waals surface area contributed by atoms with Gasteiger partial charge in [-0.15, -0.1) is 0 Å². The van der Waals surface area contributed by atoms with Gasteiger partial charge in [-0.25, -0.2) is 4.68 Å². The van der Waals surface area contributed by atoms with Gasteiger partial charge < -0.3 is 5.32 Å². The second-order valence-corrected chi connectivity index (χ2v) is 4.20. The maximum absolute atomic E-state index is 12.0. The molecule has 0 saturated carbocycles. The lowest BCUT2D eigenvalue weighted by Gasteiger charge is -2.01. The van der Waals surface area contributed by atoms with Crippen molar-refractivity contribution in [3.8, 4) is 5.69 Å². The van der Waals surface area contributed by atoms with Crippen LogP contribution in [0.3, 0.4) is 0 Å². The van der Waals surface area contributed by atoms with Crippen LogP contribution < -0.4 is 5.32 Å². The summed E-state index contributed by atoms with van der Waals surface area (Å²) in [5.74, 6) is -0.203. The van der Waals surface area contributed by atoms with Gasteiger partial charge >= 0.3 is 0 Å². The number of aromatic nitrogens is 3. The summed E-state index contributed by atoms with van der Waals surface area (Å²) >= 11 is 0. The van der Waals surface area contributed by atoms with Gasteiger partial charge in [0.2, 0.25) is 0 Å². The highest BCUT2D eigenvalue weighted by Crippen LogP contribution is 2.12. The summed E-state index contributed by atoms with van der Waals surface area (Å²) in [5.41, 5.74) is 2.09. The Bertz CT molecular complexity index is 707. The topological polar surface area (TPSA) is 59.8 Å². The Morgan fingerprint density at radius 2 is 1.90 bits per heavy atom. The van der Waals surface area contributed by atoms with Gasteiger partial charge in [-0.2, -0.15) is 5.10 Å². The molecule has 5 heteroatoms. The molecule has 0 aliphatic heterocycles. The van der Waals surface area contributed by atoms with Crippen LogP contribution >= 0.6 is 0 Å². The van der Waals surface area contributed by atoms with Gasteiger partial charge in [0.25, 0.3) is 5.91 Å². The molecule has 0 atom stereocenters. The van der Waals surface area contributed by atoms with Gasteiger partial charge in [0, 0.05) is 12.4 Å². The zero-order chi connectivity index (χ0) is 13.8. The first kappa shape index (κ1) is 12.1. The van der Waals surface area contributed by atoms with Crippen LogP contribution in [-0.2, 0) is 0 Å². The number of pyridine rings is 1. The molecule has 20 heavy (non-hydrogen) atoms. The van der Waals surface area contributed by atoms with E-state index in [2.05, 4.69) is 15.4 Å². The van der Waals surface area contributed by atoms with Gasteiger partial charge in [-0.1, -0.05) is 18.2 Å². The number of anilines is 1. The fourth-order valence-corrected chi connectivity index (χ4v) is 1.81. The fourth-order valence-electron chi connectivity index (χ4n) is 1.81. The molecule has 98 valence electrons. The van der Waals surface area contributed by atoms with Crippen LogP contribution in [0.2, 0.25) is 0 Å². The number of para-hydroxylation sites is 1. The van der Waals surface area contributed by atoms with Crippen LogP contribution in [0.15, 0.2) is 67.3 Å². The molecule has 5 nitrogen and oxygen atoms in total. The van der Waals surface area contributed by atoms with Crippen molar-refractivity contribution in [2.45, 2.75) is 0 Å². The van der Waals surface area contributed by atoms with Gasteiger partial charge in [0.15, 0.2) is 0 Å². The molecular formula is C15H12N4O. The minimum absolute atomic E-state index is 0.203. The maximum Gasteiger partial charge on any atom is 0.257 e. The number of hydrogen-bond acceptors (Lipinski definition) is 3. The van der Waals surface area contributed by atoms with Gasteiger partial charge in [0.05, 0.1) is 29.3 Å². The molecule has 2 aromatic heterocycles. The zero-order valence-corrected chi connectivity index (χ0v) is 10.6. The van der Waals surface area contributed by atoms with Gasteiger partial charge in [-0.05, 0) is 24.3 Å². The summed E-state index contributed by atoms with van der Waals surface area (Å²) < 4.78 is 1.71. The second kappa shape index (κ2) is 5.36. The van der Waals surface area contributed by atoms with Gasteiger partial charge in [0.1, 0.15) is 0 Å². The predicted octanol–water partition coefficient (Wildman–Crippen LogP) is 2.52. The summed E-state index contributed by atoms with van der Waals surface area (Å²) in [5, 5.41) is 7.01. The van der Waals surface area contributed by atoms with Crippen LogP contribution in [0.1, 0.15) is 10.4 Å². The highest BCUT2D eigenvalue weighted by molar-refractivity contribution is 6.03.